The number of aromatic amines is 1. The van der Waals surface area contributed by atoms with E-state index in [2.05, 4.69) is 38.4 Å². The number of aromatic nitrogens is 4. The third kappa shape index (κ3) is 3.97. The Bertz CT molecular complexity index is 1120. The van der Waals surface area contributed by atoms with Crippen molar-refractivity contribution in [1.29, 1.82) is 0 Å². The van der Waals surface area contributed by atoms with E-state index in [1.807, 2.05) is 42.7 Å². The molecule has 0 amide bonds. The highest BCUT2D eigenvalue weighted by atomic mass is 16.5. The third-order valence-corrected chi connectivity index (χ3v) is 5.30. The number of pyridine rings is 1. The number of hydrogen-bond acceptors (Lipinski definition) is 6. The number of morpholine rings is 1. The van der Waals surface area contributed by atoms with Crippen molar-refractivity contribution in [2.75, 3.05) is 43.1 Å². The molecule has 1 fully saturated rings. The number of fused-ring (bicyclic) bond motifs is 1. The zero-order valence-corrected chi connectivity index (χ0v) is 16.7. The Morgan fingerprint density at radius 2 is 1.97 bits per heavy atom. The van der Waals surface area contributed by atoms with Gasteiger partial charge in [0, 0.05) is 66.7 Å². The summed E-state index contributed by atoms with van der Waals surface area (Å²) in [4.78, 5) is 19.7. The van der Waals surface area contributed by atoms with Crippen LogP contribution in [0.3, 0.4) is 0 Å². The van der Waals surface area contributed by atoms with Crippen molar-refractivity contribution in [3.63, 3.8) is 0 Å². The Hall–Kier alpha value is -3.45. The van der Waals surface area contributed by atoms with Crippen LogP contribution in [0.4, 0.5) is 11.6 Å². The molecule has 152 valence electrons. The number of ether oxygens (including phenoxy) is 1. The lowest BCUT2D eigenvalue weighted by molar-refractivity contribution is 0.122. The molecule has 4 aromatic rings. The third-order valence-electron chi connectivity index (χ3n) is 5.30. The summed E-state index contributed by atoms with van der Waals surface area (Å²) >= 11 is 0. The number of nitrogens with one attached hydrogen (secondary N) is 2. The van der Waals surface area contributed by atoms with E-state index in [1.54, 1.807) is 0 Å². The SMILES string of the molecule is c1ccc(CCNc2cc(N3CCOCC3)nc(-c3cccc4[nH]ccc34)n2)nc1. The predicted octanol–water partition coefficient (Wildman–Crippen LogP) is 3.51. The van der Waals surface area contributed by atoms with Crippen LogP contribution in [-0.4, -0.2) is 52.8 Å². The summed E-state index contributed by atoms with van der Waals surface area (Å²) in [5.74, 6) is 2.48. The summed E-state index contributed by atoms with van der Waals surface area (Å²) in [6, 6.07) is 16.3. The molecule has 5 rings (SSSR count). The highest BCUT2D eigenvalue weighted by Crippen LogP contribution is 2.28. The lowest BCUT2D eigenvalue weighted by atomic mass is 10.1. The van der Waals surface area contributed by atoms with Crippen LogP contribution in [0, 0.1) is 0 Å². The maximum absolute atomic E-state index is 5.52. The van der Waals surface area contributed by atoms with E-state index in [4.69, 9.17) is 14.7 Å². The fourth-order valence-corrected chi connectivity index (χ4v) is 3.74. The number of hydrogen-bond donors (Lipinski definition) is 2. The van der Waals surface area contributed by atoms with Gasteiger partial charge in [0.15, 0.2) is 5.82 Å². The maximum Gasteiger partial charge on any atom is 0.164 e. The van der Waals surface area contributed by atoms with Gasteiger partial charge < -0.3 is 19.9 Å². The summed E-state index contributed by atoms with van der Waals surface area (Å²) in [5, 5.41) is 4.59. The van der Waals surface area contributed by atoms with Gasteiger partial charge in [-0.05, 0) is 24.3 Å². The Kier molecular flexibility index (Phi) is 5.26. The van der Waals surface area contributed by atoms with E-state index in [0.717, 1.165) is 78.9 Å². The van der Waals surface area contributed by atoms with E-state index in [9.17, 15) is 0 Å². The zero-order chi connectivity index (χ0) is 20.2. The fourth-order valence-electron chi connectivity index (χ4n) is 3.74. The topological polar surface area (TPSA) is 79.0 Å². The average Bonchev–Trinajstić information content (AvgIpc) is 3.29. The van der Waals surface area contributed by atoms with Crippen LogP contribution >= 0.6 is 0 Å². The smallest absolute Gasteiger partial charge is 0.164 e. The fraction of sp³-hybridized carbons (Fsp3) is 0.261. The summed E-state index contributed by atoms with van der Waals surface area (Å²) < 4.78 is 5.52. The Morgan fingerprint density at radius 1 is 1.03 bits per heavy atom. The van der Waals surface area contributed by atoms with Crippen molar-refractivity contribution >= 4 is 22.5 Å². The van der Waals surface area contributed by atoms with E-state index in [-0.39, 0.29) is 0 Å². The molecule has 0 atom stereocenters. The molecule has 3 aromatic heterocycles. The molecule has 1 saturated heterocycles. The van der Waals surface area contributed by atoms with Gasteiger partial charge in [0.25, 0.3) is 0 Å². The van der Waals surface area contributed by atoms with Crippen LogP contribution in [0.5, 0.6) is 0 Å². The molecule has 1 aliphatic rings. The van der Waals surface area contributed by atoms with Gasteiger partial charge >= 0.3 is 0 Å². The monoisotopic (exact) mass is 400 g/mol. The van der Waals surface area contributed by atoms with Crippen LogP contribution in [0.15, 0.2) is 60.9 Å². The molecule has 4 heterocycles. The number of benzene rings is 1. The predicted molar refractivity (Wildman–Crippen MR) is 119 cm³/mol. The molecule has 0 saturated carbocycles. The second-order valence-electron chi connectivity index (χ2n) is 7.28. The van der Waals surface area contributed by atoms with Crippen molar-refractivity contribution in [2.45, 2.75) is 6.42 Å². The first-order valence-corrected chi connectivity index (χ1v) is 10.3. The number of rotatable bonds is 6. The van der Waals surface area contributed by atoms with Gasteiger partial charge in [-0.1, -0.05) is 18.2 Å². The van der Waals surface area contributed by atoms with Crippen LogP contribution in [0.2, 0.25) is 0 Å². The lowest BCUT2D eigenvalue weighted by Crippen LogP contribution is -2.36. The summed E-state index contributed by atoms with van der Waals surface area (Å²) in [6.07, 6.45) is 4.61. The Labute approximate surface area is 175 Å². The Balaban J connectivity index is 1.46. The highest BCUT2D eigenvalue weighted by Gasteiger charge is 2.17. The van der Waals surface area contributed by atoms with Gasteiger partial charge in [0.2, 0.25) is 0 Å². The number of H-pyrrole nitrogens is 1. The first kappa shape index (κ1) is 18.6. The molecule has 0 radical (unpaired) electrons. The second kappa shape index (κ2) is 8.51. The van der Waals surface area contributed by atoms with E-state index in [0.29, 0.717) is 0 Å². The van der Waals surface area contributed by atoms with Crippen molar-refractivity contribution < 1.29 is 4.74 Å². The number of nitrogens with zero attached hydrogens (tertiary/aromatic N) is 4. The Morgan fingerprint density at radius 3 is 2.83 bits per heavy atom. The van der Waals surface area contributed by atoms with E-state index < -0.39 is 0 Å². The van der Waals surface area contributed by atoms with Crippen molar-refractivity contribution in [3.8, 4) is 11.4 Å². The molecular weight excluding hydrogens is 376 g/mol. The molecule has 0 unspecified atom stereocenters. The highest BCUT2D eigenvalue weighted by molar-refractivity contribution is 5.93. The number of anilines is 2. The van der Waals surface area contributed by atoms with Crippen molar-refractivity contribution in [2.24, 2.45) is 0 Å². The van der Waals surface area contributed by atoms with Crippen molar-refractivity contribution in [1.82, 2.24) is 19.9 Å². The van der Waals surface area contributed by atoms with Gasteiger partial charge in [0.1, 0.15) is 11.6 Å². The average molecular weight is 400 g/mol. The first-order valence-electron chi connectivity index (χ1n) is 10.3. The van der Waals surface area contributed by atoms with Crippen LogP contribution < -0.4 is 10.2 Å². The largest absolute Gasteiger partial charge is 0.378 e. The standard InChI is InChI=1S/C23H24N6O/c1-2-9-24-17(4-1)7-10-26-21-16-22(29-12-14-30-15-13-29)28-23(27-21)19-5-3-6-20-18(19)8-11-25-20/h1-6,8-9,11,16,25H,7,10,12-15H2,(H,26,27,28). The molecule has 7 nitrogen and oxygen atoms in total. The molecule has 30 heavy (non-hydrogen) atoms. The minimum absolute atomic E-state index is 0.717. The molecule has 0 spiro atoms. The van der Waals surface area contributed by atoms with E-state index in [1.165, 1.54) is 0 Å². The van der Waals surface area contributed by atoms with E-state index >= 15 is 0 Å². The first-order chi connectivity index (χ1) is 14.9. The van der Waals surface area contributed by atoms with Crippen LogP contribution in [-0.2, 0) is 11.2 Å². The quantitative estimate of drug-likeness (QED) is 0.516. The molecule has 0 aliphatic carbocycles. The normalized spacial score (nSPS) is 14.2. The lowest BCUT2D eigenvalue weighted by Gasteiger charge is -2.28. The molecular formula is C23H24N6O. The van der Waals surface area contributed by atoms with Crippen molar-refractivity contribution in [3.05, 3.63) is 66.6 Å². The minimum atomic E-state index is 0.717. The molecule has 2 N–H and O–H groups in total. The van der Waals surface area contributed by atoms with Crippen LogP contribution in [0.1, 0.15) is 5.69 Å². The van der Waals surface area contributed by atoms with Gasteiger partial charge in [0.05, 0.1) is 13.2 Å². The van der Waals surface area contributed by atoms with Gasteiger partial charge in [-0.2, -0.15) is 0 Å². The van der Waals surface area contributed by atoms with Gasteiger partial charge in [-0.25, -0.2) is 9.97 Å². The van der Waals surface area contributed by atoms with Gasteiger partial charge in [-0.15, -0.1) is 0 Å². The zero-order valence-electron chi connectivity index (χ0n) is 16.7. The molecule has 1 aromatic carbocycles. The minimum Gasteiger partial charge on any atom is -0.378 e. The van der Waals surface area contributed by atoms with Crippen LogP contribution in [0.25, 0.3) is 22.3 Å². The summed E-state index contributed by atoms with van der Waals surface area (Å²) in [7, 11) is 0. The molecule has 0 bridgehead atoms. The maximum atomic E-state index is 5.52. The van der Waals surface area contributed by atoms with Gasteiger partial charge in [-0.3, -0.25) is 4.98 Å². The summed E-state index contributed by atoms with van der Waals surface area (Å²) in [6.45, 7) is 3.85. The second-order valence-corrected chi connectivity index (χ2v) is 7.28. The molecule has 1 aliphatic heterocycles. The summed E-state index contributed by atoms with van der Waals surface area (Å²) in [5.41, 5.74) is 3.17. The molecule has 7 heteroatoms.